The van der Waals surface area contributed by atoms with E-state index in [1.54, 1.807) is 12.1 Å². The van der Waals surface area contributed by atoms with Gasteiger partial charge in [0.25, 0.3) is 5.91 Å². The molecule has 2 aliphatic heterocycles. The standard InChI is InChI=1S/C27H28BrClF2N4O7/c1-12-3-14(28)7-15(4-12)35(19-10-41-11-20(19)37)27(39)26-25(40-2)23(24(38)21(9-36)42-26)34-8-18(32-33-34)13-5-16(30)22(29)17(31)6-13/h3-8,19-21,23-26,36-38H,9-11H2,1-2H3/t19-,20-,21-,23+,24+,25-,26-/m1/s1. The average Bonchev–Trinajstić information content (AvgIpc) is 3.60. The molecule has 226 valence electrons. The van der Waals surface area contributed by atoms with Crippen molar-refractivity contribution in [3.05, 3.63) is 63.2 Å². The van der Waals surface area contributed by atoms with E-state index in [-0.39, 0.29) is 24.5 Å². The fraction of sp³-hybridized carbons (Fsp3) is 0.444. The van der Waals surface area contributed by atoms with Crippen molar-refractivity contribution in [2.75, 3.05) is 31.8 Å². The van der Waals surface area contributed by atoms with Crippen molar-refractivity contribution in [1.82, 2.24) is 15.0 Å². The molecule has 3 N–H and O–H groups in total. The fourth-order valence-corrected chi connectivity index (χ4v) is 6.08. The van der Waals surface area contributed by atoms with Gasteiger partial charge in [0, 0.05) is 22.8 Å². The maximum atomic E-state index is 14.3. The molecule has 3 heterocycles. The summed E-state index contributed by atoms with van der Waals surface area (Å²) in [5.41, 5.74) is 1.39. The van der Waals surface area contributed by atoms with Gasteiger partial charge in [0.05, 0.1) is 32.1 Å². The molecule has 5 rings (SSSR count). The van der Waals surface area contributed by atoms with Crippen molar-refractivity contribution in [2.45, 2.75) is 49.5 Å². The molecule has 0 spiro atoms. The van der Waals surface area contributed by atoms with Gasteiger partial charge in [-0.05, 0) is 42.8 Å². The second-order valence-electron chi connectivity index (χ2n) is 10.2. The third kappa shape index (κ3) is 5.82. The molecule has 0 unspecified atom stereocenters. The van der Waals surface area contributed by atoms with E-state index in [9.17, 15) is 28.9 Å². The van der Waals surface area contributed by atoms with E-state index in [1.807, 2.05) is 13.0 Å². The number of benzene rings is 2. The lowest BCUT2D eigenvalue weighted by Gasteiger charge is -2.45. The third-order valence-corrected chi connectivity index (χ3v) is 8.19. The minimum absolute atomic E-state index is 0.0227. The van der Waals surface area contributed by atoms with Crippen LogP contribution in [0.4, 0.5) is 14.5 Å². The lowest BCUT2D eigenvalue weighted by Crippen LogP contribution is -2.63. The number of aliphatic hydroxyl groups is 3. The molecular formula is C27H28BrClF2N4O7. The lowest BCUT2D eigenvalue weighted by atomic mass is 9.91. The van der Waals surface area contributed by atoms with Gasteiger partial charge >= 0.3 is 0 Å². The van der Waals surface area contributed by atoms with Crippen LogP contribution in [0.2, 0.25) is 5.02 Å². The zero-order valence-corrected chi connectivity index (χ0v) is 24.7. The van der Waals surface area contributed by atoms with E-state index in [2.05, 4.69) is 26.2 Å². The molecule has 3 aromatic rings. The molecule has 0 radical (unpaired) electrons. The van der Waals surface area contributed by atoms with Gasteiger partial charge in [-0.15, -0.1) is 5.10 Å². The smallest absolute Gasteiger partial charge is 0.259 e. The number of anilines is 1. The second-order valence-corrected chi connectivity index (χ2v) is 11.5. The van der Waals surface area contributed by atoms with Crippen LogP contribution in [-0.4, -0.2) is 99.7 Å². The molecule has 2 aliphatic rings. The van der Waals surface area contributed by atoms with E-state index in [0.717, 1.165) is 17.7 Å². The SMILES string of the molecule is CO[C@@H]1[C@@H](n2cc(-c3cc(F)c(Cl)c(F)c3)nn2)[C@@H](O)[C@@H](CO)O[C@H]1C(=O)N(c1cc(C)cc(Br)c1)[C@@H]1COC[C@H]1O. The zero-order valence-electron chi connectivity index (χ0n) is 22.4. The third-order valence-electron chi connectivity index (χ3n) is 7.37. The summed E-state index contributed by atoms with van der Waals surface area (Å²) in [6.07, 6.45) is -4.92. The monoisotopic (exact) mass is 672 g/mol. The maximum Gasteiger partial charge on any atom is 0.259 e. The van der Waals surface area contributed by atoms with Crippen LogP contribution in [0.3, 0.4) is 0 Å². The summed E-state index contributed by atoms with van der Waals surface area (Å²) in [5, 5.41) is 39.3. The Labute approximate surface area is 252 Å². The van der Waals surface area contributed by atoms with Crippen LogP contribution in [0.15, 0.2) is 41.0 Å². The molecule has 11 nitrogen and oxygen atoms in total. The Balaban J connectivity index is 1.54. The van der Waals surface area contributed by atoms with E-state index in [0.29, 0.717) is 10.2 Å². The van der Waals surface area contributed by atoms with Gasteiger partial charge in [-0.25, -0.2) is 13.5 Å². The normalized spacial score (nSPS) is 27.8. The molecule has 2 saturated heterocycles. The highest BCUT2D eigenvalue weighted by Gasteiger charge is 2.52. The number of carbonyl (C=O) groups is 1. The first kappa shape index (κ1) is 30.9. The number of nitrogens with zero attached hydrogens (tertiary/aromatic N) is 4. The van der Waals surface area contributed by atoms with E-state index < -0.39 is 71.8 Å². The van der Waals surface area contributed by atoms with Gasteiger partial charge in [0.2, 0.25) is 0 Å². The van der Waals surface area contributed by atoms with Gasteiger partial charge in [-0.3, -0.25) is 4.79 Å². The van der Waals surface area contributed by atoms with Crippen molar-refractivity contribution >= 4 is 39.1 Å². The van der Waals surface area contributed by atoms with Crippen molar-refractivity contribution in [3.63, 3.8) is 0 Å². The number of aromatic nitrogens is 3. The summed E-state index contributed by atoms with van der Waals surface area (Å²) >= 11 is 9.05. The largest absolute Gasteiger partial charge is 0.394 e. The summed E-state index contributed by atoms with van der Waals surface area (Å²) in [4.78, 5) is 15.7. The lowest BCUT2D eigenvalue weighted by molar-refractivity contribution is -0.211. The first-order valence-corrected chi connectivity index (χ1v) is 14.1. The van der Waals surface area contributed by atoms with E-state index in [4.69, 9.17) is 25.8 Å². The molecule has 0 saturated carbocycles. The zero-order chi connectivity index (χ0) is 30.3. The number of halogens is 4. The molecule has 7 atom stereocenters. The molecule has 2 aromatic carbocycles. The van der Waals surface area contributed by atoms with Crippen LogP contribution in [0, 0.1) is 18.6 Å². The highest BCUT2D eigenvalue weighted by Crippen LogP contribution is 2.36. The van der Waals surface area contributed by atoms with Crippen molar-refractivity contribution in [3.8, 4) is 11.3 Å². The van der Waals surface area contributed by atoms with Gasteiger partial charge in [0.15, 0.2) is 6.10 Å². The number of amides is 1. The minimum atomic E-state index is -1.43. The number of hydrogen-bond donors (Lipinski definition) is 3. The summed E-state index contributed by atoms with van der Waals surface area (Å²) in [7, 11) is 1.32. The molecule has 2 fully saturated rings. The molecular weight excluding hydrogens is 646 g/mol. The van der Waals surface area contributed by atoms with Crippen molar-refractivity contribution < 1.29 is 43.1 Å². The Hall–Kier alpha value is -2.56. The van der Waals surface area contributed by atoms with Crippen LogP contribution in [0.5, 0.6) is 0 Å². The Bertz CT molecular complexity index is 1420. The van der Waals surface area contributed by atoms with Crippen LogP contribution in [0.25, 0.3) is 11.3 Å². The summed E-state index contributed by atoms with van der Waals surface area (Å²) < 4.78 is 47.2. The van der Waals surface area contributed by atoms with Gasteiger partial charge < -0.3 is 34.4 Å². The number of hydrogen-bond acceptors (Lipinski definition) is 9. The van der Waals surface area contributed by atoms with Gasteiger partial charge in [0.1, 0.15) is 52.8 Å². The molecule has 15 heteroatoms. The number of ether oxygens (including phenoxy) is 3. The molecule has 42 heavy (non-hydrogen) atoms. The Morgan fingerprint density at radius 2 is 1.93 bits per heavy atom. The topological polar surface area (TPSA) is 139 Å². The van der Waals surface area contributed by atoms with Crippen LogP contribution < -0.4 is 4.90 Å². The fourth-order valence-electron chi connectivity index (χ4n) is 5.37. The average molecular weight is 674 g/mol. The molecule has 1 aromatic heterocycles. The molecule has 1 amide bonds. The Morgan fingerprint density at radius 1 is 1.21 bits per heavy atom. The number of rotatable bonds is 7. The quantitative estimate of drug-likeness (QED) is 0.323. The predicted octanol–water partition coefficient (Wildman–Crippen LogP) is 2.42. The van der Waals surface area contributed by atoms with Gasteiger partial charge in [-0.1, -0.05) is 32.7 Å². The predicted molar refractivity (Wildman–Crippen MR) is 149 cm³/mol. The summed E-state index contributed by atoms with van der Waals surface area (Å²) in [6, 6.07) is 5.42. The first-order valence-electron chi connectivity index (χ1n) is 12.9. The number of aryl methyl sites for hydroxylation is 1. The number of methoxy groups -OCH3 is 1. The Morgan fingerprint density at radius 3 is 2.52 bits per heavy atom. The van der Waals surface area contributed by atoms with Gasteiger partial charge in [-0.2, -0.15) is 0 Å². The summed E-state index contributed by atoms with van der Waals surface area (Å²) in [6.45, 7) is 1.27. The van der Waals surface area contributed by atoms with E-state index >= 15 is 0 Å². The number of aliphatic hydroxyl groups excluding tert-OH is 3. The van der Waals surface area contributed by atoms with Crippen LogP contribution in [-0.2, 0) is 19.0 Å². The maximum absolute atomic E-state index is 14.3. The van der Waals surface area contributed by atoms with Crippen LogP contribution in [0.1, 0.15) is 11.6 Å². The number of carbonyl (C=O) groups excluding carboxylic acids is 1. The highest BCUT2D eigenvalue weighted by molar-refractivity contribution is 9.10. The Kier molecular flexibility index (Phi) is 9.25. The van der Waals surface area contributed by atoms with Crippen LogP contribution >= 0.6 is 27.5 Å². The summed E-state index contributed by atoms with van der Waals surface area (Å²) in [5.74, 6) is -2.60. The molecule has 0 bridgehead atoms. The van der Waals surface area contributed by atoms with Crippen molar-refractivity contribution in [1.29, 1.82) is 0 Å². The first-order chi connectivity index (χ1) is 20.0. The minimum Gasteiger partial charge on any atom is -0.394 e. The highest BCUT2D eigenvalue weighted by atomic mass is 79.9. The van der Waals surface area contributed by atoms with E-state index in [1.165, 1.54) is 22.9 Å². The molecule has 0 aliphatic carbocycles. The van der Waals surface area contributed by atoms with Crippen molar-refractivity contribution in [2.24, 2.45) is 0 Å². The second kappa shape index (κ2) is 12.6.